The van der Waals surface area contributed by atoms with Gasteiger partial charge in [0.2, 0.25) is 0 Å². The molecule has 0 radical (unpaired) electrons. The maximum absolute atomic E-state index is 13.0. The Labute approximate surface area is 149 Å². The van der Waals surface area contributed by atoms with Crippen LogP contribution in [0.1, 0.15) is 45.7 Å². The van der Waals surface area contributed by atoms with E-state index in [2.05, 4.69) is 68.8 Å². The van der Waals surface area contributed by atoms with E-state index in [1.807, 2.05) is 6.21 Å². The average molecular weight is 336 g/mol. The van der Waals surface area contributed by atoms with E-state index in [0.717, 1.165) is 11.3 Å². The van der Waals surface area contributed by atoms with Crippen molar-refractivity contribution in [1.29, 1.82) is 0 Å². The number of hydrogen-bond acceptors (Lipinski definition) is 2. The van der Waals surface area contributed by atoms with Gasteiger partial charge in [0.1, 0.15) is 5.82 Å². The maximum Gasteiger partial charge on any atom is 0.123 e. The molecule has 0 saturated carbocycles. The molecule has 0 N–H and O–H groups in total. The Kier molecular flexibility index (Phi) is 4.51. The van der Waals surface area contributed by atoms with Crippen molar-refractivity contribution >= 4 is 23.2 Å². The molecule has 0 aromatic heterocycles. The van der Waals surface area contributed by atoms with Gasteiger partial charge in [-0.1, -0.05) is 12.1 Å². The van der Waals surface area contributed by atoms with Crippen LogP contribution in [0, 0.1) is 5.82 Å². The summed E-state index contributed by atoms with van der Waals surface area (Å²) in [5, 5.41) is 0. The fourth-order valence-electron chi connectivity index (χ4n) is 3.77. The van der Waals surface area contributed by atoms with Crippen molar-refractivity contribution in [3.05, 3.63) is 65.5 Å². The average Bonchev–Trinajstić information content (AvgIpc) is 2.53. The molecule has 130 valence electrons. The van der Waals surface area contributed by atoms with E-state index in [9.17, 15) is 4.39 Å². The number of anilines is 1. The number of rotatable bonds is 3. The summed E-state index contributed by atoms with van der Waals surface area (Å²) < 4.78 is 13.0. The summed E-state index contributed by atoms with van der Waals surface area (Å²) in [5.74, 6) is -0.245. The van der Waals surface area contributed by atoms with Crippen LogP contribution in [0.2, 0.25) is 0 Å². The van der Waals surface area contributed by atoms with E-state index < -0.39 is 0 Å². The minimum atomic E-state index is -0.245. The zero-order chi connectivity index (χ0) is 18.2. The molecule has 0 amide bonds. The third-order valence-corrected chi connectivity index (χ3v) is 4.60. The lowest BCUT2D eigenvalue weighted by molar-refractivity contribution is 0.507. The van der Waals surface area contributed by atoms with Gasteiger partial charge in [-0.25, -0.2) is 4.39 Å². The smallest absolute Gasteiger partial charge is 0.123 e. The highest BCUT2D eigenvalue weighted by Gasteiger charge is 2.32. The number of halogens is 1. The van der Waals surface area contributed by atoms with Gasteiger partial charge < -0.3 is 4.90 Å². The Morgan fingerprint density at radius 3 is 2.40 bits per heavy atom. The van der Waals surface area contributed by atoms with Crippen LogP contribution in [-0.4, -0.2) is 17.8 Å². The highest BCUT2D eigenvalue weighted by atomic mass is 19.1. The first-order valence-corrected chi connectivity index (χ1v) is 8.71. The van der Waals surface area contributed by atoms with Gasteiger partial charge >= 0.3 is 0 Å². The van der Waals surface area contributed by atoms with Crippen molar-refractivity contribution in [2.75, 3.05) is 4.90 Å². The SMILES string of the molecule is CC1=CC(C)(C)N(C(C)C)c2ccc(C=Nc3ccc(F)cc3)cc21. The van der Waals surface area contributed by atoms with Crippen LogP contribution in [0.15, 0.2) is 53.5 Å². The van der Waals surface area contributed by atoms with Crippen molar-refractivity contribution < 1.29 is 4.39 Å². The van der Waals surface area contributed by atoms with Gasteiger partial charge in [0.15, 0.2) is 0 Å². The molecule has 1 heterocycles. The number of aliphatic imine (C=N–C) groups is 1. The second-order valence-corrected chi connectivity index (χ2v) is 7.46. The molecule has 1 aliphatic rings. The Balaban J connectivity index is 1.96. The van der Waals surface area contributed by atoms with Crippen molar-refractivity contribution in [2.24, 2.45) is 4.99 Å². The van der Waals surface area contributed by atoms with Crippen LogP contribution >= 0.6 is 0 Å². The van der Waals surface area contributed by atoms with Crippen LogP contribution in [0.4, 0.5) is 15.8 Å². The van der Waals surface area contributed by atoms with Crippen molar-refractivity contribution in [3.8, 4) is 0 Å². The summed E-state index contributed by atoms with van der Waals surface area (Å²) in [5.41, 5.74) is 5.58. The highest BCUT2D eigenvalue weighted by Crippen LogP contribution is 2.40. The quantitative estimate of drug-likeness (QED) is 0.629. The Morgan fingerprint density at radius 1 is 1.08 bits per heavy atom. The summed E-state index contributed by atoms with van der Waals surface area (Å²) in [4.78, 5) is 6.90. The number of nitrogens with zero attached hydrogens (tertiary/aromatic N) is 2. The largest absolute Gasteiger partial charge is 0.360 e. The first-order valence-electron chi connectivity index (χ1n) is 8.71. The van der Waals surface area contributed by atoms with E-state index >= 15 is 0 Å². The summed E-state index contributed by atoms with van der Waals surface area (Å²) in [6.45, 7) is 11.1. The van der Waals surface area contributed by atoms with Gasteiger partial charge in [-0.05, 0) is 82.2 Å². The number of fused-ring (bicyclic) bond motifs is 1. The third kappa shape index (κ3) is 3.51. The van der Waals surface area contributed by atoms with Gasteiger partial charge in [0, 0.05) is 23.5 Å². The lowest BCUT2D eigenvalue weighted by Crippen LogP contribution is -2.49. The number of hydrogen-bond donors (Lipinski definition) is 0. The number of benzene rings is 2. The Morgan fingerprint density at radius 2 is 1.76 bits per heavy atom. The molecule has 3 heteroatoms. The second-order valence-electron chi connectivity index (χ2n) is 7.46. The Hall–Kier alpha value is -2.42. The van der Waals surface area contributed by atoms with Crippen LogP contribution in [0.3, 0.4) is 0 Å². The Bertz CT molecular complexity index is 830. The predicted molar refractivity (Wildman–Crippen MR) is 105 cm³/mol. The lowest BCUT2D eigenvalue weighted by Gasteiger charge is -2.46. The molecule has 0 aliphatic carbocycles. The molecular formula is C22H25FN2. The van der Waals surface area contributed by atoms with Crippen LogP contribution in [0.25, 0.3) is 5.57 Å². The summed E-state index contributed by atoms with van der Waals surface area (Å²) in [6.07, 6.45) is 4.16. The zero-order valence-corrected chi connectivity index (χ0v) is 15.5. The van der Waals surface area contributed by atoms with E-state index in [-0.39, 0.29) is 11.4 Å². The maximum atomic E-state index is 13.0. The molecule has 2 aromatic carbocycles. The lowest BCUT2D eigenvalue weighted by atomic mass is 9.87. The first kappa shape index (κ1) is 17.4. The van der Waals surface area contributed by atoms with E-state index in [4.69, 9.17) is 0 Å². The third-order valence-electron chi connectivity index (χ3n) is 4.60. The molecule has 0 spiro atoms. The molecule has 2 nitrogen and oxygen atoms in total. The highest BCUT2D eigenvalue weighted by molar-refractivity contribution is 5.88. The predicted octanol–water partition coefficient (Wildman–Crippen LogP) is 5.99. The molecule has 0 bridgehead atoms. The number of allylic oxidation sites excluding steroid dienone is 1. The summed E-state index contributed by atoms with van der Waals surface area (Å²) >= 11 is 0. The monoisotopic (exact) mass is 336 g/mol. The molecule has 25 heavy (non-hydrogen) atoms. The van der Waals surface area contributed by atoms with Gasteiger partial charge in [-0.3, -0.25) is 4.99 Å². The molecule has 0 fully saturated rings. The second kappa shape index (κ2) is 6.47. The molecule has 0 unspecified atom stereocenters. The van der Waals surface area contributed by atoms with E-state index in [1.54, 1.807) is 12.1 Å². The standard InChI is InChI=1S/C22H25FN2/c1-15(2)25-21-11-6-17(12-20(21)16(3)13-22(25,4)5)14-24-19-9-7-18(23)8-10-19/h6-15H,1-5H3. The zero-order valence-electron chi connectivity index (χ0n) is 15.5. The van der Waals surface area contributed by atoms with Gasteiger partial charge in [-0.2, -0.15) is 0 Å². The van der Waals surface area contributed by atoms with E-state index in [0.29, 0.717) is 6.04 Å². The molecule has 0 atom stereocenters. The topological polar surface area (TPSA) is 15.6 Å². The fraction of sp³-hybridized carbons (Fsp3) is 0.318. The molecule has 1 aliphatic heterocycles. The van der Waals surface area contributed by atoms with Gasteiger partial charge in [0.25, 0.3) is 0 Å². The van der Waals surface area contributed by atoms with Crippen molar-refractivity contribution in [3.63, 3.8) is 0 Å². The van der Waals surface area contributed by atoms with Crippen LogP contribution in [0.5, 0.6) is 0 Å². The van der Waals surface area contributed by atoms with Crippen molar-refractivity contribution in [2.45, 2.75) is 46.2 Å². The van der Waals surface area contributed by atoms with Gasteiger partial charge in [0.05, 0.1) is 11.2 Å². The molecule has 3 rings (SSSR count). The minimum absolute atomic E-state index is 0.00499. The summed E-state index contributed by atoms with van der Waals surface area (Å²) in [6, 6.07) is 13.1. The minimum Gasteiger partial charge on any atom is -0.360 e. The first-order chi connectivity index (χ1) is 11.8. The molecule has 0 saturated heterocycles. The fourth-order valence-corrected chi connectivity index (χ4v) is 3.77. The van der Waals surface area contributed by atoms with Crippen LogP contribution in [-0.2, 0) is 0 Å². The van der Waals surface area contributed by atoms with E-state index in [1.165, 1.54) is 29.0 Å². The normalized spacial score (nSPS) is 16.3. The van der Waals surface area contributed by atoms with Gasteiger partial charge in [-0.15, -0.1) is 0 Å². The molecular weight excluding hydrogens is 311 g/mol. The van der Waals surface area contributed by atoms with Crippen molar-refractivity contribution in [1.82, 2.24) is 0 Å². The molecule has 2 aromatic rings. The summed E-state index contributed by atoms with van der Waals surface area (Å²) in [7, 11) is 0. The van der Waals surface area contributed by atoms with Crippen LogP contribution < -0.4 is 4.90 Å².